The Bertz CT molecular complexity index is 572. The molecule has 0 aliphatic heterocycles. The second kappa shape index (κ2) is 6.17. The van der Waals surface area contributed by atoms with Crippen molar-refractivity contribution >= 4 is 47.8 Å². The maximum atomic E-state index is 13.8. The molecule has 2 aromatic carbocycles. The highest BCUT2D eigenvalue weighted by Crippen LogP contribution is 2.33. The monoisotopic (exact) mass is 436 g/mol. The Morgan fingerprint density at radius 3 is 2.33 bits per heavy atom. The minimum Gasteiger partial charge on any atom is -0.453 e. The van der Waals surface area contributed by atoms with Crippen molar-refractivity contribution in [3.8, 4) is 11.5 Å². The van der Waals surface area contributed by atoms with Crippen LogP contribution in [0.1, 0.15) is 5.56 Å². The van der Waals surface area contributed by atoms with Crippen molar-refractivity contribution in [3.63, 3.8) is 0 Å². The Balaban J connectivity index is 2.28. The van der Waals surface area contributed by atoms with E-state index in [1.165, 1.54) is 6.07 Å². The summed E-state index contributed by atoms with van der Waals surface area (Å²) < 4.78 is 21.0. The molecule has 0 saturated heterocycles. The Morgan fingerprint density at radius 1 is 1.00 bits per heavy atom. The van der Waals surface area contributed by atoms with Gasteiger partial charge in [0.15, 0.2) is 11.6 Å². The first-order chi connectivity index (χ1) is 8.60. The van der Waals surface area contributed by atoms with Gasteiger partial charge in [-0.15, -0.1) is 0 Å². The molecule has 0 radical (unpaired) electrons. The largest absolute Gasteiger partial charge is 0.453 e. The van der Waals surface area contributed by atoms with Gasteiger partial charge < -0.3 is 4.74 Å². The molecule has 18 heavy (non-hydrogen) atoms. The van der Waals surface area contributed by atoms with Crippen LogP contribution in [0.15, 0.2) is 45.3 Å². The number of ether oxygens (including phenoxy) is 1. The second-order valence-electron chi connectivity index (χ2n) is 3.58. The highest BCUT2D eigenvalue weighted by molar-refractivity contribution is 9.11. The molecule has 0 unspecified atom stereocenters. The van der Waals surface area contributed by atoms with Crippen LogP contribution in [0.25, 0.3) is 0 Å². The van der Waals surface area contributed by atoms with E-state index in [0.29, 0.717) is 11.1 Å². The van der Waals surface area contributed by atoms with Gasteiger partial charge in [-0.05, 0) is 51.8 Å². The fraction of sp³-hybridized carbons (Fsp3) is 0.0769. The fourth-order valence-electron chi connectivity index (χ4n) is 1.39. The van der Waals surface area contributed by atoms with E-state index >= 15 is 0 Å². The lowest BCUT2D eigenvalue weighted by Gasteiger charge is -2.09. The van der Waals surface area contributed by atoms with E-state index in [4.69, 9.17) is 4.74 Å². The zero-order valence-corrected chi connectivity index (χ0v) is 13.8. The Kier molecular flexibility index (Phi) is 4.81. The minimum absolute atomic E-state index is 0.211. The highest BCUT2D eigenvalue weighted by atomic mass is 79.9. The zero-order chi connectivity index (χ0) is 13.1. The van der Waals surface area contributed by atoms with Crippen LogP contribution in [0.5, 0.6) is 11.5 Å². The van der Waals surface area contributed by atoms with E-state index in [1.54, 1.807) is 12.1 Å². The third-order valence-electron chi connectivity index (χ3n) is 2.26. The van der Waals surface area contributed by atoms with Crippen LogP contribution in [-0.2, 0) is 5.33 Å². The minimum atomic E-state index is -0.373. The van der Waals surface area contributed by atoms with E-state index < -0.39 is 0 Å². The lowest BCUT2D eigenvalue weighted by molar-refractivity contribution is 0.439. The smallest absolute Gasteiger partial charge is 0.166 e. The number of hydrogen-bond acceptors (Lipinski definition) is 1. The van der Waals surface area contributed by atoms with E-state index in [0.717, 1.165) is 14.5 Å². The van der Waals surface area contributed by atoms with Crippen molar-refractivity contribution in [3.05, 3.63) is 56.7 Å². The van der Waals surface area contributed by atoms with Crippen LogP contribution in [-0.4, -0.2) is 0 Å². The van der Waals surface area contributed by atoms with Crippen LogP contribution in [0.2, 0.25) is 0 Å². The van der Waals surface area contributed by atoms with Gasteiger partial charge in [-0.1, -0.05) is 37.9 Å². The second-order valence-corrected chi connectivity index (χ2v) is 5.91. The molecule has 0 saturated carbocycles. The van der Waals surface area contributed by atoms with Crippen molar-refractivity contribution in [2.24, 2.45) is 0 Å². The third-order valence-corrected chi connectivity index (χ3v) is 4.02. The van der Waals surface area contributed by atoms with Gasteiger partial charge in [0.05, 0.1) is 4.47 Å². The number of rotatable bonds is 3. The molecule has 94 valence electrons. The summed E-state index contributed by atoms with van der Waals surface area (Å²) in [4.78, 5) is 0. The maximum Gasteiger partial charge on any atom is 0.166 e. The molecule has 1 nitrogen and oxygen atoms in total. The quantitative estimate of drug-likeness (QED) is 0.531. The number of alkyl halides is 1. The van der Waals surface area contributed by atoms with Gasteiger partial charge in [-0.25, -0.2) is 4.39 Å². The van der Waals surface area contributed by atoms with Crippen molar-refractivity contribution in [2.75, 3.05) is 0 Å². The predicted molar refractivity (Wildman–Crippen MR) is 80.9 cm³/mol. The van der Waals surface area contributed by atoms with Gasteiger partial charge in [0.25, 0.3) is 0 Å². The van der Waals surface area contributed by atoms with E-state index in [9.17, 15) is 4.39 Å². The molecule has 0 aliphatic carbocycles. The molecule has 0 spiro atoms. The van der Waals surface area contributed by atoms with Gasteiger partial charge >= 0.3 is 0 Å². The zero-order valence-electron chi connectivity index (χ0n) is 9.09. The Hall–Kier alpha value is -0.390. The number of hydrogen-bond donors (Lipinski definition) is 0. The number of benzene rings is 2. The molecule has 0 fully saturated rings. The first-order valence-electron chi connectivity index (χ1n) is 5.07. The van der Waals surface area contributed by atoms with E-state index in [2.05, 4.69) is 47.8 Å². The summed E-state index contributed by atoms with van der Waals surface area (Å²) in [6.45, 7) is 0. The van der Waals surface area contributed by atoms with Crippen LogP contribution in [0.3, 0.4) is 0 Å². The molecule has 2 rings (SSSR count). The molecule has 0 amide bonds. The van der Waals surface area contributed by atoms with Crippen LogP contribution < -0.4 is 4.74 Å². The summed E-state index contributed by atoms with van der Waals surface area (Å²) in [6, 6.07) is 10.4. The summed E-state index contributed by atoms with van der Waals surface area (Å²) >= 11 is 10.0. The van der Waals surface area contributed by atoms with Gasteiger partial charge in [0.1, 0.15) is 5.75 Å². The third kappa shape index (κ3) is 3.33. The Labute approximate surface area is 130 Å². The molecule has 0 heterocycles. The average Bonchev–Trinajstić information content (AvgIpc) is 2.34. The predicted octanol–water partition coefficient (Wildman–Crippen LogP) is 6.04. The van der Waals surface area contributed by atoms with E-state index in [1.807, 2.05) is 18.2 Å². The molecule has 2 aromatic rings. The molecule has 0 bridgehead atoms. The lowest BCUT2D eigenvalue weighted by atomic mass is 10.2. The first kappa shape index (κ1) is 14.0. The van der Waals surface area contributed by atoms with Crippen molar-refractivity contribution in [1.29, 1.82) is 0 Å². The molecule has 0 atom stereocenters. The standard InChI is InChI=1S/C13H8Br3FO/c14-7-8-1-3-13(11(17)5-8)18-12-4-2-9(15)6-10(12)16/h1-6H,7H2. The topological polar surface area (TPSA) is 9.23 Å². The molecule has 0 aromatic heterocycles. The van der Waals surface area contributed by atoms with E-state index in [-0.39, 0.29) is 11.6 Å². The fourth-order valence-corrected chi connectivity index (χ4v) is 2.86. The number of halogens is 4. The van der Waals surface area contributed by atoms with Gasteiger partial charge in [0.2, 0.25) is 0 Å². The highest BCUT2D eigenvalue weighted by Gasteiger charge is 2.08. The van der Waals surface area contributed by atoms with Crippen molar-refractivity contribution in [2.45, 2.75) is 5.33 Å². The summed E-state index contributed by atoms with van der Waals surface area (Å²) in [6.07, 6.45) is 0. The average molecular weight is 439 g/mol. The maximum absolute atomic E-state index is 13.8. The summed E-state index contributed by atoms with van der Waals surface area (Å²) in [5.74, 6) is 0.410. The van der Waals surface area contributed by atoms with Crippen molar-refractivity contribution < 1.29 is 9.13 Å². The SMILES string of the molecule is Fc1cc(CBr)ccc1Oc1ccc(Br)cc1Br. The summed E-state index contributed by atoms with van der Waals surface area (Å²) in [5, 5.41) is 0.617. The summed E-state index contributed by atoms with van der Waals surface area (Å²) in [7, 11) is 0. The van der Waals surface area contributed by atoms with Gasteiger partial charge in [0, 0.05) is 9.80 Å². The van der Waals surface area contributed by atoms with Crippen LogP contribution in [0, 0.1) is 5.82 Å². The van der Waals surface area contributed by atoms with Gasteiger partial charge in [-0.2, -0.15) is 0 Å². The Morgan fingerprint density at radius 2 is 1.72 bits per heavy atom. The molecule has 0 aliphatic rings. The molecule has 0 N–H and O–H groups in total. The normalized spacial score (nSPS) is 10.4. The van der Waals surface area contributed by atoms with Gasteiger partial charge in [-0.3, -0.25) is 0 Å². The van der Waals surface area contributed by atoms with Crippen LogP contribution in [0.4, 0.5) is 4.39 Å². The lowest BCUT2D eigenvalue weighted by Crippen LogP contribution is -1.90. The molecular weight excluding hydrogens is 431 g/mol. The summed E-state index contributed by atoms with van der Waals surface area (Å²) in [5.41, 5.74) is 0.870. The molecular formula is C13H8Br3FO. The first-order valence-corrected chi connectivity index (χ1v) is 7.78. The molecule has 5 heteroatoms. The van der Waals surface area contributed by atoms with Crippen LogP contribution >= 0.6 is 47.8 Å². The van der Waals surface area contributed by atoms with Crippen molar-refractivity contribution in [1.82, 2.24) is 0 Å².